The van der Waals surface area contributed by atoms with E-state index in [1.54, 1.807) is 24.3 Å². The van der Waals surface area contributed by atoms with Crippen LogP contribution in [-0.2, 0) is 9.53 Å². The Hall–Kier alpha value is -2.57. The number of nitrogens with one attached hydrogen (secondary N) is 2. The number of carbonyl (C=O) groups excluding carboxylic acids is 3. The average Bonchev–Trinajstić information content (AvgIpc) is 2.51. The van der Waals surface area contributed by atoms with Crippen LogP contribution in [0.25, 0.3) is 0 Å². The van der Waals surface area contributed by atoms with E-state index < -0.39 is 24.5 Å². The van der Waals surface area contributed by atoms with Crippen molar-refractivity contribution in [2.75, 3.05) is 19.8 Å². The smallest absolute Gasteiger partial charge is 0.338 e. The zero-order valence-corrected chi connectivity index (χ0v) is 12.7. The monoisotopic (exact) mass is 308 g/mol. The van der Waals surface area contributed by atoms with Crippen molar-refractivity contribution in [1.82, 2.24) is 10.6 Å². The van der Waals surface area contributed by atoms with Gasteiger partial charge >= 0.3 is 12.0 Å². The van der Waals surface area contributed by atoms with Crippen LogP contribution in [0.1, 0.15) is 30.6 Å². The Balaban J connectivity index is 2.38. The second kappa shape index (κ2) is 9.38. The summed E-state index contributed by atoms with van der Waals surface area (Å²) >= 11 is 0. The summed E-state index contributed by atoms with van der Waals surface area (Å²) in [6.45, 7) is 4.22. The van der Waals surface area contributed by atoms with Gasteiger partial charge in [-0.25, -0.2) is 9.59 Å². The van der Waals surface area contributed by atoms with Crippen molar-refractivity contribution in [2.45, 2.75) is 20.3 Å². The SMILES string of the molecule is CCCNC(=O)NC(=O)COC(=O)c1ccc(OCC)cc1. The lowest BCUT2D eigenvalue weighted by molar-refractivity contribution is -0.123. The Bertz CT molecular complexity index is 513. The van der Waals surface area contributed by atoms with E-state index in [4.69, 9.17) is 9.47 Å². The van der Waals surface area contributed by atoms with Crippen molar-refractivity contribution >= 4 is 17.9 Å². The summed E-state index contributed by atoms with van der Waals surface area (Å²) < 4.78 is 10.1. The van der Waals surface area contributed by atoms with Crippen LogP contribution in [0.3, 0.4) is 0 Å². The second-order valence-corrected chi connectivity index (χ2v) is 4.34. The number of benzene rings is 1. The average molecular weight is 308 g/mol. The Kier molecular flexibility index (Phi) is 7.45. The highest BCUT2D eigenvalue weighted by molar-refractivity contribution is 5.97. The molecule has 0 heterocycles. The van der Waals surface area contributed by atoms with Crippen molar-refractivity contribution in [3.63, 3.8) is 0 Å². The maximum Gasteiger partial charge on any atom is 0.338 e. The summed E-state index contributed by atoms with van der Waals surface area (Å²) in [5.41, 5.74) is 0.298. The minimum Gasteiger partial charge on any atom is -0.494 e. The molecule has 2 N–H and O–H groups in total. The highest BCUT2D eigenvalue weighted by atomic mass is 16.5. The summed E-state index contributed by atoms with van der Waals surface area (Å²) in [6.07, 6.45) is 0.758. The summed E-state index contributed by atoms with van der Waals surface area (Å²) in [5.74, 6) is -0.690. The molecule has 0 fully saturated rings. The van der Waals surface area contributed by atoms with E-state index >= 15 is 0 Å². The van der Waals surface area contributed by atoms with Gasteiger partial charge < -0.3 is 14.8 Å². The molecular formula is C15H20N2O5. The van der Waals surface area contributed by atoms with Gasteiger partial charge in [-0.1, -0.05) is 6.92 Å². The minimum absolute atomic E-state index is 0.298. The van der Waals surface area contributed by atoms with E-state index in [2.05, 4.69) is 10.6 Å². The van der Waals surface area contributed by atoms with Gasteiger partial charge in [0.25, 0.3) is 5.91 Å². The lowest BCUT2D eigenvalue weighted by Gasteiger charge is -2.07. The highest BCUT2D eigenvalue weighted by Gasteiger charge is 2.12. The highest BCUT2D eigenvalue weighted by Crippen LogP contribution is 2.12. The quantitative estimate of drug-likeness (QED) is 0.744. The Morgan fingerprint density at radius 3 is 2.36 bits per heavy atom. The molecule has 120 valence electrons. The third kappa shape index (κ3) is 6.25. The number of esters is 1. The fraction of sp³-hybridized carbons (Fsp3) is 0.400. The number of hydrogen-bond acceptors (Lipinski definition) is 5. The van der Waals surface area contributed by atoms with Gasteiger partial charge in [0.15, 0.2) is 6.61 Å². The first-order chi connectivity index (χ1) is 10.6. The van der Waals surface area contributed by atoms with E-state index in [-0.39, 0.29) is 0 Å². The van der Waals surface area contributed by atoms with Crippen LogP contribution >= 0.6 is 0 Å². The van der Waals surface area contributed by atoms with Gasteiger partial charge in [0.2, 0.25) is 0 Å². The third-order valence-electron chi connectivity index (χ3n) is 2.52. The predicted octanol–water partition coefficient (Wildman–Crippen LogP) is 1.48. The van der Waals surface area contributed by atoms with Crippen molar-refractivity contribution in [2.24, 2.45) is 0 Å². The van der Waals surface area contributed by atoms with Gasteiger partial charge in [-0.05, 0) is 37.6 Å². The van der Waals surface area contributed by atoms with Gasteiger partial charge in [0.1, 0.15) is 5.75 Å². The molecule has 1 aromatic carbocycles. The van der Waals surface area contributed by atoms with Crippen LogP contribution in [0.5, 0.6) is 5.75 Å². The third-order valence-corrected chi connectivity index (χ3v) is 2.52. The van der Waals surface area contributed by atoms with Gasteiger partial charge in [-0.2, -0.15) is 0 Å². The fourth-order valence-corrected chi connectivity index (χ4v) is 1.51. The van der Waals surface area contributed by atoms with Crippen LogP contribution in [0.4, 0.5) is 4.79 Å². The molecule has 0 aliphatic rings. The molecule has 0 saturated heterocycles. The largest absolute Gasteiger partial charge is 0.494 e. The Morgan fingerprint density at radius 2 is 1.77 bits per heavy atom. The molecule has 0 spiro atoms. The van der Waals surface area contributed by atoms with Crippen LogP contribution in [-0.4, -0.2) is 37.7 Å². The van der Waals surface area contributed by atoms with Crippen molar-refractivity contribution in [1.29, 1.82) is 0 Å². The van der Waals surface area contributed by atoms with E-state index in [9.17, 15) is 14.4 Å². The van der Waals surface area contributed by atoms with Crippen LogP contribution < -0.4 is 15.4 Å². The van der Waals surface area contributed by atoms with Gasteiger partial charge in [0.05, 0.1) is 12.2 Å². The van der Waals surface area contributed by atoms with Gasteiger partial charge in [-0.3, -0.25) is 10.1 Å². The molecule has 22 heavy (non-hydrogen) atoms. The first kappa shape index (κ1) is 17.5. The van der Waals surface area contributed by atoms with Crippen LogP contribution in [0.2, 0.25) is 0 Å². The number of urea groups is 1. The maximum absolute atomic E-state index is 11.7. The molecule has 0 aromatic heterocycles. The lowest BCUT2D eigenvalue weighted by atomic mass is 10.2. The maximum atomic E-state index is 11.7. The van der Waals surface area contributed by atoms with Gasteiger partial charge in [0, 0.05) is 6.54 Å². The Morgan fingerprint density at radius 1 is 1.09 bits per heavy atom. The van der Waals surface area contributed by atoms with Crippen molar-refractivity contribution in [3.05, 3.63) is 29.8 Å². The number of amides is 3. The molecule has 0 saturated carbocycles. The molecule has 0 aliphatic carbocycles. The first-order valence-electron chi connectivity index (χ1n) is 7.04. The number of hydrogen-bond donors (Lipinski definition) is 2. The summed E-state index contributed by atoms with van der Waals surface area (Å²) in [7, 11) is 0. The molecule has 7 heteroatoms. The topological polar surface area (TPSA) is 93.7 Å². The van der Waals surface area contributed by atoms with Crippen LogP contribution in [0.15, 0.2) is 24.3 Å². The summed E-state index contributed by atoms with van der Waals surface area (Å²) in [6, 6.07) is 5.75. The van der Waals surface area contributed by atoms with Gasteiger partial charge in [-0.15, -0.1) is 0 Å². The summed E-state index contributed by atoms with van der Waals surface area (Å²) in [5, 5.41) is 4.54. The number of ether oxygens (including phenoxy) is 2. The predicted molar refractivity (Wildman–Crippen MR) is 79.7 cm³/mol. The standard InChI is InChI=1S/C15H20N2O5/c1-3-9-16-15(20)17-13(18)10-22-14(19)11-5-7-12(8-6-11)21-4-2/h5-8H,3-4,9-10H2,1-2H3,(H2,16,17,18,20). The van der Waals surface area contributed by atoms with E-state index in [0.29, 0.717) is 24.5 Å². The first-order valence-corrected chi connectivity index (χ1v) is 7.04. The molecule has 0 unspecified atom stereocenters. The van der Waals surface area contributed by atoms with E-state index in [0.717, 1.165) is 6.42 Å². The van der Waals surface area contributed by atoms with Crippen molar-refractivity contribution < 1.29 is 23.9 Å². The van der Waals surface area contributed by atoms with Crippen molar-refractivity contribution in [3.8, 4) is 5.75 Å². The molecule has 0 radical (unpaired) electrons. The minimum atomic E-state index is -0.687. The second-order valence-electron chi connectivity index (χ2n) is 4.34. The molecule has 1 rings (SSSR count). The number of rotatable bonds is 7. The molecule has 1 aromatic rings. The summed E-state index contributed by atoms with van der Waals surface area (Å²) in [4.78, 5) is 34.4. The zero-order chi connectivity index (χ0) is 16.4. The molecule has 7 nitrogen and oxygen atoms in total. The normalized spacial score (nSPS) is 9.73. The molecule has 3 amide bonds. The number of imide groups is 1. The molecular weight excluding hydrogens is 288 g/mol. The van der Waals surface area contributed by atoms with Crippen LogP contribution in [0, 0.1) is 0 Å². The molecule has 0 bridgehead atoms. The molecule has 0 aliphatic heterocycles. The Labute approximate surface area is 129 Å². The lowest BCUT2D eigenvalue weighted by Crippen LogP contribution is -2.41. The van der Waals surface area contributed by atoms with E-state index in [1.165, 1.54) is 0 Å². The fourth-order valence-electron chi connectivity index (χ4n) is 1.51. The zero-order valence-electron chi connectivity index (χ0n) is 12.7. The van der Waals surface area contributed by atoms with E-state index in [1.807, 2.05) is 13.8 Å². The molecule has 0 atom stereocenters. The number of carbonyl (C=O) groups is 3.